The van der Waals surface area contributed by atoms with Crippen LogP contribution in [-0.4, -0.2) is 16.3 Å². The van der Waals surface area contributed by atoms with Gasteiger partial charge in [0.2, 0.25) is 0 Å². The van der Waals surface area contributed by atoms with Crippen molar-refractivity contribution in [2.24, 2.45) is 5.73 Å². The minimum atomic E-state index is -0.0228. The third-order valence-corrected chi connectivity index (χ3v) is 2.55. The molecule has 0 bridgehead atoms. The van der Waals surface area contributed by atoms with E-state index in [-0.39, 0.29) is 17.5 Å². The molecule has 4 N–H and O–H groups in total. The summed E-state index contributed by atoms with van der Waals surface area (Å²) in [5.74, 6) is 0.383. The van der Waals surface area contributed by atoms with Gasteiger partial charge in [0, 0.05) is 6.04 Å². The number of hydrogen-bond acceptors (Lipinski definition) is 3. The first-order chi connectivity index (χ1) is 6.00. The molecule has 0 aliphatic rings. The van der Waals surface area contributed by atoms with Crippen LogP contribution in [0.1, 0.15) is 12.5 Å². The molecule has 0 amide bonds. The highest BCUT2D eigenvalue weighted by molar-refractivity contribution is 14.1. The molecule has 0 saturated carbocycles. The van der Waals surface area contributed by atoms with E-state index in [1.54, 1.807) is 6.07 Å². The summed E-state index contributed by atoms with van der Waals surface area (Å²) in [5, 5.41) is 18.9. The molecule has 72 valence electrons. The maximum Gasteiger partial charge on any atom is 0.129 e. The quantitative estimate of drug-likeness (QED) is 0.573. The lowest BCUT2D eigenvalue weighted by Gasteiger charge is -2.08. The van der Waals surface area contributed by atoms with Crippen molar-refractivity contribution < 1.29 is 10.2 Å². The van der Waals surface area contributed by atoms with Crippen LogP contribution in [0.4, 0.5) is 0 Å². The zero-order valence-corrected chi connectivity index (χ0v) is 9.45. The highest BCUT2D eigenvalue weighted by atomic mass is 127. The first kappa shape index (κ1) is 10.6. The van der Waals surface area contributed by atoms with Crippen molar-refractivity contribution in [1.29, 1.82) is 0 Å². The summed E-state index contributed by atoms with van der Waals surface area (Å²) in [5.41, 5.74) is 6.27. The van der Waals surface area contributed by atoms with Crippen molar-refractivity contribution in [2.45, 2.75) is 19.4 Å². The number of nitrogens with two attached hydrogens (primary N) is 1. The number of hydrogen-bond donors (Lipinski definition) is 3. The average molecular weight is 293 g/mol. The standard InChI is InChI=1S/C9H12INO2/c1-5(11)2-6-3-9(13)7(10)4-8(6)12/h3-5,12-13H,2,11H2,1H3/t5-/m1/s1. The number of phenolic OH excluding ortho intramolecular Hbond substituents is 2. The first-order valence-corrected chi connectivity index (χ1v) is 5.04. The van der Waals surface area contributed by atoms with Crippen LogP contribution in [0.15, 0.2) is 12.1 Å². The number of benzene rings is 1. The maximum absolute atomic E-state index is 9.49. The largest absolute Gasteiger partial charge is 0.508 e. The molecule has 0 saturated heterocycles. The van der Waals surface area contributed by atoms with Crippen molar-refractivity contribution in [1.82, 2.24) is 0 Å². The molecular weight excluding hydrogens is 281 g/mol. The predicted octanol–water partition coefficient (Wildman–Crippen LogP) is 1.59. The molecule has 1 atom stereocenters. The monoisotopic (exact) mass is 293 g/mol. The smallest absolute Gasteiger partial charge is 0.129 e. The summed E-state index contributed by atoms with van der Waals surface area (Å²) in [6.07, 6.45) is 0.566. The molecule has 0 unspecified atom stereocenters. The molecule has 0 heterocycles. The normalized spacial score (nSPS) is 12.8. The Bertz CT molecular complexity index is 313. The first-order valence-electron chi connectivity index (χ1n) is 3.96. The number of halogens is 1. The minimum absolute atomic E-state index is 0.0228. The molecule has 0 spiro atoms. The summed E-state index contributed by atoms with van der Waals surface area (Å²) >= 11 is 1.96. The lowest BCUT2D eigenvalue weighted by molar-refractivity contribution is 0.449. The van der Waals surface area contributed by atoms with E-state index in [9.17, 15) is 10.2 Å². The predicted molar refractivity (Wildman–Crippen MR) is 59.8 cm³/mol. The van der Waals surface area contributed by atoms with Crippen LogP contribution in [0.25, 0.3) is 0 Å². The van der Waals surface area contributed by atoms with Crippen LogP contribution >= 0.6 is 22.6 Å². The molecular formula is C9H12INO2. The van der Waals surface area contributed by atoms with Gasteiger partial charge in [-0.1, -0.05) is 0 Å². The molecule has 0 aromatic heterocycles. The van der Waals surface area contributed by atoms with E-state index in [4.69, 9.17) is 5.73 Å². The van der Waals surface area contributed by atoms with Crippen LogP contribution in [0.2, 0.25) is 0 Å². The van der Waals surface area contributed by atoms with Crippen molar-refractivity contribution >= 4 is 22.6 Å². The van der Waals surface area contributed by atoms with Gasteiger partial charge in [0.05, 0.1) is 3.57 Å². The van der Waals surface area contributed by atoms with E-state index in [2.05, 4.69) is 0 Å². The van der Waals surface area contributed by atoms with E-state index < -0.39 is 0 Å². The van der Waals surface area contributed by atoms with E-state index >= 15 is 0 Å². The van der Waals surface area contributed by atoms with Gasteiger partial charge in [-0.3, -0.25) is 0 Å². The van der Waals surface area contributed by atoms with E-state index in [0.717, 1.165) is 0 Å². The number of aromatic hydroxyl groups is 2. The van der Waals surface area contributed by atoms with Crippen LogP contribution in [0.5, 0.6) is 11.5 Å². The Kier molecular flexibility index (Phi) is 3.38. The zero-order valence-electron chi connectivity index (χ0n) is 7.29. The summed E-state index contributed by atoms with van der Waals surface area (Å²) < 4.78 is 0.642. The van der Waals surface area contributed by atoms with Crippen molar-refractivity contribution in [2.75, 3.05) is 0 Å². The van der Waals surface area contributed by atoms with Crippen molar-refractivity contribution in [3.63, 3.8) is 0 Å². The van der Waals surface area contributed by atoms with E-state index in [0.29, 0.717) is 15.6 Å². The molecule has 1 aromatic rings. The highest BCUT2D eigenvalue weighted by Crippen LogP contribution is 2.28. The third-order valence-electron chi connectivity index (χ3n) is 1.69. The Morgan fingerprint density at radius 2 is 2.00 bits per heavy atom. The van der Waals surface area contributed by atoms with E-state index in [1.807, 2.05) is 29.5 Å². The van der Waals surface area contributed by atoms with Crippen LogP contribution in [0.3, 0.4) is 0 Å². The fraction of sp³-hybridized carbons (Fsp3) is 0.333. The topological polar surface area (TPSA) is 66.5 Å². The zero-order chi connectivity index (χ0) is 10.0. The van der Waals surface area contributed by atoms with Gasteiger partial charge in [0.15, 0.2) is 0 Å². The Morgan fingerprint density at radius 3 is 2.54 bits per heavy atom. The summed E-state index contributed by atoms with van der Waals surface area (Å²) in [7, 11) is 0. The fourth-order valence-electron chi connectivity index (χ4n) is 1.10. The molecule has 3 nitrogen and oxygen atoms in total. The molecule has 1 aromatic carbocycles. The van der Waals surface area contributed by atoms with Crippen LogP contribution < -0.4 is 5.73 Å². The van der Waals surface area contributed by atoms with Gasteiger partial charge in [-0.25, -0.2) is 0 Å². The van der Waals surface area contributed by atoms with Gasteiger partial charge in [-0.2, -0.15) is 0 Å². The lowest BCUT2D eigenvalue weighted by atomic mass is 10.1. The lowest BCUT2D eigenvalue weighted by Crippen LogP contribution is -2.17. The number of phenols is 2. The fourth-order valence-corrected chi connectivity index (χ4v) is 1.56. The van der Waals surface area contributed by atoms with Crippen LogP contribution in [0, 0.1) is 3.57 Å². The van der Waals surface area contributed by atoms with Gasteiger partial charge in [-0.15, -0.1) is 0 Å². The third kappa shape index (κ3) is 2.73. The molecule has 1 rings (SSSR count). The van der Waals surface area contributed by atoms with Crippen LogP contribution in [-0.2, 0) is 6.42 Å². The molecule has 0 fully saturated rings. The Morgan fingerprint density at radius 1 is 1.38 bits per heavy atom. The molecule has 0 radical (unpaired) electrons. The highest BCUT2D eigenvalue weighted by Gasteiger charge is 2.08. The molecule has 4 heteroatoms. The van der Waals surface area contributed by atoms with E-state index in [1.165, 1.54) is 6.07 Å². The molecule has 0 aliphatic heterocycles. The summed E-state index contributed by atoms with van der Waals surface area (Å²) in [4.78, 5) is 0. The molecule has 13 heavy (non-hydrogen) atoms. The SMILES string of the molecule is C[C@@H](N)Cc1cc(O)c(I)cc1O. The van der Waals surface area contributed by atoms with Gasteiger partial charge in [-0.05, 0) is 53.6 Å². The second-order valence-corrected chi connectivity index (χ2v) is 4.28. The van der Waals surface area contributed by atoms with Crippen molar-refractivity contribution in [3.05, 3.63) is 21.3 Å². The van der Waals surface area contributed by atoms with Crippen molar-refractivity contribution in [3.8, 4) is 11.5 Å². The second-order valence-electron chi connectivity index (χ2n) is 3.11. The average Bonchev–Trinajstić information content (AvgIpc) is 1.99. The van der Waals surface area contributed by atoms with Gasteiger partial charge in [0.1, 0.15) is 11.5 Å². The Hall–Kier alpha value is -0.490. The Balaban J connectivity index is 3.01. The Labute approximate surface area is 90.7 Å². The summed E-state index contributed by atoms with van der Waals surface area (Å²) in [6.45, 7) is 1.86. The minimum Gasteiger partial charge on any atom is -0.508 e. The maximum atomic E-state index is 9.49. The van der Waals surface area contributed by atoms with Gasteiger partial charge < -0.3 is 15.9 Å². The van der Waals surface area contributed by atoms with Gasteiger partial charge >= 0.3 is 0 Å². The second kappa shape index (κ2) is 4.15. The summed E-state index contributed by atoms with van der Waals surface area (Å²) in [6, 6.07) is 3.07. The number of rotatable bonds is 2. The van der Waals surface area contributed by atoms with Gasteiger partial charge in [0.25, 0.3) is 0 Å². The molecule has 0 aliphatic carbocycles.